The van der Waals surface area contributed by atoms with Crippen molar-refractivity contribution in [2.75, 3.05) is 0 Å². The van der Waals surface area contributed by atoms with E-state index in [4.69, 9.17) is 4.74 Å². The fraction of sp³-hybridized carbons (Fsp3) is 0.0556. The molecule has 0 fully saturated rings. The lowest BCUT2D eigenvalue weighted by atomic mass is 10.2. The fourth-order valence-electron chi connectivity index (χ4n) is 2.53. The topological polar surface area (TPSA) is 73.9 Å². The minimum Gasteiger partial charge on any atom is -0.508 e. The molecule has 0 saturated heterocycles. The normalized spacial score (nSPS) is 11.0. The van der Waals surface area contributed by atoms with Gasteiger partial charge in [0.1, 0.15) is 18.1 Å². The molecular formula is C18H15N3O2. The summed E-state index contributed by atoms with van der Waals surface area (Å²) in [4.78, 5) is 3.34. The number of rotatable bonds is 4. The zero-order valence-corrected chi connectivity index (χ0v) is 12.3. The lowest BCUT2D eigenvalue weighted by molar-refractivity contribution is 0.293. The number of hydrogen-bond donors (Lipinski definition) is 3. The molecule has 3 N–H and O–H groups in total. The molecule has 0 aliphatic heterocycles. The predicted octanol–water partition coefficient (Wildman–Crippen LogP) is 3.84. The molecule has 0 bridgehead atoms. The number of hydrogen-bond acceptors (Lipinski definition) is 3. The number of aromatic amines is 2. The Balaban J connectivity index is 1.52. The van der Waals surface area contributed by atoms with E-state index in [1.807, 2.05) is 30.3 Å². The van der Waals surface area contributed by atoms with Gasteiger partial charge in [-0.1, -0.05) is 30.3 Å². The minimum absolute atomic E-state index is 0.231. The summed E-state index contributed by atoms with van der Waals surface area (Å²) < 4.78 is 5.68. The van der Waals surface area contributed by atoms with Crippen LogP contribution in [0.3, 0.4) is 0 Å². The molecule has 0 aliphatic carbocycles. The van der Waals surface area contributed by atoms with Crippen LogP contribution in [0.4, 0.5) is 0 Å². The van der Waals surface area contributed by atoms with Gasteiger partial charge in [-0.05, 0) is 29.8 Å². The third kappa shape index (κ3) is 2.76. The maximum atomic E-state index is 9.45. The molecule has 0 radical (unpaired) electrons. The minimum atomic E-state index is 0.231. The van der Waals surface area contributed by atoms with Crippen LogP contribution in [-0.2, 0) is 6.61 Å². The van der Waals surface area contributed by atoms with Crippen LogP contribution in [0.15, 0.2) is 60.7 Å². The van der Waals surface area contributed by atoms with E-state index in [9.17, 15) is 5.11 Å². The van der Waals surface area contributed by atoms with Gasteiger partial charge < -0.3 is 14.8 Å². The molecule has 5 nitrogen and oxygen atoms in total. The second-order valence-electron chi connectivity index (χ2n) is 5.35. The van der Waals surface area contributed by atoms with E-state index >= 15 is 0 Å². The highest BCUT2D eigenvalue weighted by Gasteiger charge is 2.08. The molecule has 2 aromatic heterocycles. The Labute approximate surface area is 132 Å². The fourth-order valence-corrected chi connectivity index (χ4v) is 2.53. The Morgan fingerprint density at radius 1 is 1.00 bits per heavy atom. The highest BCUT2D eigenvalue weighted by atomic mass is 16.5. The second-order valence-corrected chi connectivity index (χ2v) is 5.35. The van der Waals surface area contributed by atoms with E-state index < -0.39 is 0 Å². The van der Waals surface area contributed by atoms with Crippen LogP contribution in [0.25, 0.3) is 22.3 Å². The Morgan fingerprint density at radius 2 is 1.91 bits per heavy atom. The molecule has 23 heavy (non-hydrogen) atoms. The van der Waals surface area contributed by atoms with Gasteiger partial charge in [0.2, 0.25) is 5.88 Å². The number of aromatic nitrogens is 3. The molecule has 5 heteroatoms. The first-order chi connectivity index (χ1) is 11.3. The first kappa shape index (κ1) is 13.5. The summed E-state index contributed by atoms with van der Waals surface area (Å²) >= 11 is 0. The molecule has 0 unspecified atom stereocenters. The van der Waals surface area contributed by atoms with Gasteiger partial charge in [-0.15, -0.1) is 0 Å². The molecule has 0 amide bonds. The number of nitrogens with one attached hydrogen (secondary N) is 2. The van der Waals surface area contributed by atoms with Crippen LogP contribution in [-0.4, -0.2) is 20.3 Å². The second kappa shape index (κ2) is 5.53. The number of phenolic OH excluding ortho intramolecular Hbond substituents is 1. The van der Waals surface area contributed by atoms with Gasteiger partial charge in [0, 0.05) is 17.0 Å². The van der Waals surface area contributed by atoms with Gasteiger partial charge in [0.05, 0.1) is 5.69 Å². The number of H-pyrrole nitrogens is 2. The zero-order chi connectivity index (χ0) is 15.6. The molecule has 114 valence electrons. The zero-order valence-electron chi connectivity index (χ0n) is 12.3. The van der Waals surface area contributed by atoms with E-state index in [-0.39, 0.29) is 5.75 Å². The van der Waals surface area contributed by atoms with Crippen LogP contribution in [0, 0.1) is 0 Å². The summed E-state index contributed by atoms with van der Waals surface area (Å²) in [5.74, 6) is 0.816. The van der Waals surface area contributed by atoms with Crippen LogP contribution in [0.2, 0.25) is 0 Å². The summed E-state index contributed by atoms with van der Waals surface area (Å²) in [7, 11) is 0. The van der Waals surface area contributed by atoms with Gasteiger partial charge in [-0.2, -0.15) is 5.10 Å². The first-order valence-corrected chi connectivity index (χ1v) is 7.32. The van der Waals surface area contributed by atoms with Crippen LogP contribution < -0.4 is 4.74 Å². The molecule has 4 rings (SSSR count). The lowest BCUT2D eigenvalue weighted by Gasteiger charge is -2.03. The van der Waals surface area contributed by atoms with Crippen molar-refractivity contribution in [3.05, 3.63) is 66.2 Å². The van der Waals surface area contributed by atoms with Crippen molar-refractivity contribution < 1.29 is 9.84 Å². The summed E-state index contributed by atoms with van der Waals surface area (Å²) in [6.45, 7) is 0.364. The molecule has 0 saturated carbocycles. The number of phenols is 1. The Kier molecular flexibility index (Phi) is 3.24. The standard InChI is InChI=1S/C18H15N3O2/c22-14-6-3-4-12(8-14)11-23-18-10-17(20-21-18)16-9-13-5-1-2-7-15(13)19-16/h1-10,19,22H,11H2,(H,20,21). The van der Waals surface area contributed by atoms with Gasteiger partial charge in [0.25, 0.3) is 0 Å². The average molecular weight is 305 g/mol. The molecular weight excluding hydrogens is 290 g/mol. The quantitative estimate of drug-likeness (QED) is 0.536. The van der Waals surface area contributed by atoms with E-state index in [1.54, 1.807) is 18.2 Å². The number of fused-ring (bicyclic) bond motifs is 1. The summed E-state index contributed by atoms with van der Waals surface area (Å²) in [5.41, 5.74) is 3.71. The van der Waals surface area contributed by atoms with Gasteiger partial charge >= 0.3 is 0 Å². The number of nitrogens with zero attached hydrogens (tertiary/aromatic N) is 1. The van der Waals surface area contributed by atoms with Gasteiger partial charge in [0.15, 0.2) is 0 Å². The van der Waals surface area contributed by atoms with Crippen molar-refractivity contribution in [1.29, 1.82) is 0 Å². The molecule has 4 aromatic rings. The highest BCUT2D eigenvalue weighted by Crippen LogP contribution is 2.25. The number of ether oxygens (including phenoxy) is 1. The van der Waals surface area contributed by atoms with Crippen LogP contribution in [0.5, 0.6) is 11.6 Å². The molecule has 0 atom stereocenters. The number of para-hydroxylation sites is 1. The van der Waals surface area contributed by atoms with E-state index in [0.717, 1.165) is 27.9 Å². The van der Waals surface area contributed by atoms with Crippen LogP contribution >= 0.6 is 0 Å². The van der Waals surface area contributed by atoms with Crippen molar-refractivity contribution in [2.24, 2.45) is 0 Å². The van der Waals surface area contributed by atoms with E-state index in [0.29, 0.717) is 12.5 Å². The molecule has 2 aromatic carbocycles. The monoisotopic (exact) mass is 305 g/mol. The van der Waals surface area contributed by atoms with Crippen molar-refractivity contribution in [1.82, 2.24) is 15.2 Å². The first-order valence-electron chi connectivity index (χ1n) is 7.32. The number of benzene rings is 2. The Bertz CT molecular complexity index is 922. The van der Waals surface area contributed by atoms with Crippen molar-refractivity contribution >= 4 is 10.9 Å². The van der Waals surface area contributed by atoms with Crippen molar-refractivity contribution in [3.8, 4) is 23.0 Å². The molecule has 2 heterocycles. The SMILES string of the molecule is Oc1cccc(COc2cc(-c3cc4ccccc4[nH]3)n[nH]2)c1. The third-order valence-electron chi connectivity index (χ3n) is 3.67. The average Bonchev–Trinajstić information content (AvgIpc) is 3.19. The summed E-state index contributed by atoms with van der Waals surface area (Å²) in [5, 5.41) is 17.8. The third-order valence-corrected chi connectivity index (χ3v) is 3.67. The van der Waals surface area contributed by atoms with Gasteiger partial charge in [-0.3, -0.25) is 0 Å². The maximum absolute atomic E-state index is 9.45. The number of aromatic hydroxyl groups is 1. The smallest absolute Gasteiger partial charge is 0.210 e. The molecule has 0 spiro atoms. The Morgan fingerprint density at radius 3 is 2.78 bits per heavy atom. The predicted molar refractivity (Wildman–Crippen MR) is 88.3 cm³/mol. The summed E-state index contributed by atoms with van der Waals surface area (Å²) in [6.07, 6.45) is 0. The highest BCUT2D eigenvalue weighted by molar-refractivity contribution is 5.85. The van der Waals surface area contributed by atoms with E-state index in [1.165, 1.54) is 0 Å². The van der Waals surface area contributed by atoms with Crippen LogP contribution in [0.1, 0.15) is 5.56 Å². The molecule has 0 aliphatic rings. The van der Waals surface area contributed by atoms with Crippen molar-refractivity contribution in [3.63, 3.8) is 0 Å². The summed E-state index contributed by atoms with van der Waals surface area (Å²) in [6, 6.07) is 19.0. The Hall–Kier alpha value is -3.21. The van der Waals surface area contributed by atoms with Crippen molar-refractivity contribution in [2.45, 2.75) is 6.61 Å². The lowest BCUT2D eigenvalue weighted by Crippen LogP contribution is -1.95. The van der Waals surface area contributed by atoms with E-state index in [2.05, 4.69) is 27.3 Å². The maximum Gasteiger partial charge on any atom is 0.210 e. The van der Waals surface area contributed by atoms with Gasteiger partial charge in [-0.25, -0.2) is 5.10 Å². The largest absolute Gasteiger partial charge is 0.508 e.